The predicted molar refractivity (Wildman–Crippen MR) is 207 cm³/mol. The van der Waals surface area contributed by atoms with Crippen molar-refractivity contribution >= 4 is 41.6 Å². The van der Waals surface area contributed by atoms with Crippen LogP contribution < -0.4 is 16.0 Å². The van der Waals surface area contributed by atoms with Crippen LogP contribution in [0.4, 0.5) is 4.79 Å². The molecule has 0 aliphatic carbocycles. The third-order valence-corrected chi connectivity index (χ3v) is 11.4. The largest absolute Gasteiger partial charge is 0.480 e. The zero-order valence-electron chi connectivity index (χ0n) is 32.6. The van der Waals surface area contributed by atoms with E-state index in [4.69, 9.17) is 14.2 Å². The molecular weight excluding hydrogens is 769 g/mol. The van der Waals surface area contributed by atoms with Crippen LogP contribution in [0.25, 0.3) is 0 Å². The second-order valence-corrected chi connectivity index (χ2v) is 15.6. The Balaban J connectivity index is 1.01. The second kappa shape index (κ2) is 25.7. The zero-order chi connectivity index (χ0) is 40.8. The number of unbranched alkanes of at least 4 members (excludes halogenated alkanes) is 1. The van der Waals surface area contributed by atoms with Gasteiger partial charge in [0.05, 0.1) is 90.1 Å². The lowest BCUT2D eigenvalue weighted by atomic mass is 10.0. The first-order valence-corrected chi connectivity index (χ1v) is 20.7. The molecule has 22 heteroatoms. The first kappa shape index (κ1) is 46.1. The summed E-state index contributed by atoms with van der Waals surface area (Å²) in [6.07, 6.45) is 6.00. The molecule has 6 N–H and O–H groups in total. The summed E-state index contributed by atoms with van der Waals surface area (Å²) in [5.41, 5.74) is 0.960. The lowest BCUT2D eigenvalue weighted by molar-refractivity contribution is -0.140. The number of hydrogen-bond acceptors (Lipinski definition) is 15. The number of aromatic nitrogens is 3. The lowest BCUT2D eigenvalue weighted by Gasteiger charge is -2.32. The van der Waals surface area contributed by atoms with E-state index in [0.29, 0.717) is 97.2 Å². The van der Waals surface area contributed by atoms with E-state index in [9.17, 15) is 39.3 Å². The van der Waals surface area contributed by atoms with Gasteiger partial charge in [-0.1, -0.05) is 11.6 Å². The van der Waals surface area contributed by atoms with Crippen LogP contribution in [-0.4, -0.2) is 228 Å². The van der Waals surface area contributed by atoms with E-state index >= 15 is 0 Å². The summed E-state index contributed by atoms with van der Waals surface area (Å²) in [5.74, 6) is -2.30. The number of nitrogens with zero attached hydrogens (tertiary/aromatic N) is 7. The Bertz CT molecular complexity index is 1380. The van der Waals surface area contributed by atoms with Crippen LogP contribution in [-0.2, 0) is 46.4 Å². The van der Waals surface area contributed by atoms with Crippen molar-refractivity contribution in [1.29, 1.82) is 0 Å². The molecule has 4 rings (SSSR count). The smallest absolute Gasteiger partial charge is 0.317 e. The Morgan fingerprint density at radius 3 is 1.82 bits per heavy atom. The van der Waals surface area contributed by atoms with Gasteiger partial charge in [0.25, 0.3) is 0 Å². The van der Waals surface area contributed by atoms with Crippen molar-refractivity contribution in [2.75, 3.05) is 130 Å². The van der Waals surface area contributed by atoms with Gasteiger partial charge < -0.3 is 45.5 Å². The topological polar surface area (TPSA) is 253 Å². The molecule has 0 saturated carbocycles. The number of aliphatic carboxylic acids is 3. The van der Waals surface area contributed by atoms with Crippen molar-refractivity contribution in [3.05, 3.63) is 11.9 Å². The minimum Gasteiger partial charge on any atom is -0.480 e. The van der Waals surface area contributed by atoms with Gasteiger partial charge in [-0.25, -0.2) is 9.48 Å². The maximum atomic E-state index is 12.8. The zero-order valence-corrected chi connectivity index (χ0v) is 33.4. The minimum atomic E-state index is -1.02. The van der Waals surface area contributed by atoms with E-state index < -0.39 is 17.9 Å². The fraction of sp³-hybridized carbons (Fsp3) is 0.800. The average molecular weight is 829 g/mol. The van der Waals surface area contributed by atoms with Crippen molar-refractivity contribution < 1.29 is 53.5 Å². The Labute approximate surface area is 337 Å². The van der Waals surface area contributed by atoms with Crippen LogP contribution in [0.2, 0.25) is 0 Å². The summed E-state index contributed by atoms with van der Waals surface area (Å²) >= 11 is 1.93. The monoisotopic (exact) mass is 828 g/mol. The van der Waals surface area contributed by atoms with E-state index in [1.54, 1.807) is 19.4 Å². The molecule has 3 atom stereocenters. The molecule has 0 spiro atoms. The molecule has 1 aromatic rings. The van der Waals surface area contributed by atoms with Gasteiger partial charge in [0.15, 0.2) is 0 Å². The number of fused-ring (bicyclic) bond motifs is 1. The highest BCUT2D eigenvalue weighted by Crippen LogP contribution is 2.33. The van der Waals surface area contributed by atoms with Crippen molar-refractivity contribution in [3.8, 4) is 0 Å². The summed E-state index contributed by atoms with van der Waals surface area (Å²) in [7, 11) is 0. The van der Waals surface area contributed by atoms with Crippen molar-refractivity contribution in [2.24, 2.45) is 0 Å². The summed E-state index contributed by atoms with van der Waals surface area (Å²) in [6.45, 7) is 5.18. The van der Waals surface area contributed by atoms with E-state index in [1.165, 1.54) is 0 Å². The second-order valence-electron chi connectivity index (χ2n) is 14.3. The molecule has 3 amide bonds. The van der Waals surface area contributed by atoms with Crippen molar-refractivity contribution in [2.45, 2.75) is 49.6 Å². The predicted octanol–water partition coefficient (Wildman–Crippen LogP) is -2.20. The number of nitrogens with one attached hydrogen (secondary N) is 3. The van der Waals surface area contributed by atoms with Gasteiger partial charge in [-0.05, 0) is 19.3 Å². The normalized spacial score (nSPS) is 21.6. The molecule has 0 unspecified atom stereocenters. The molecule has 21 nitrogen and oxygen atoms in total. The summed E-state index contributed by atoms with van der Waals surface area (Å²) in [4.78, 5) is 65.6. The van der Waals surface area contributed by atoms with Gasteiger partial charge in [0.1, 0.15) is 0 Å². The van der Waals surface area contributed by atoms with Gasteiger partial charge in [0.2, 0.25) is 5.91 Å². The first-order valence-electron chi connectivity index (χ1n) is 19.7. The first-order chi connectivity index (χ1) is 27.5. The molecule has 322 valence electrons. The van der Waals surface area contributed by atoms with Gasteiger partial charge in [-0.2, -0.15) is 11.8 Å². The van der Waals surface area contributed by atoms with Gasteiger partial charge >= 0.3 is 23.9 Å². The number of urea groups is 1. The number of rotatable bonds is 25. The third-order valence-electron chi connectivity index (χ3n) is 9.85. The molecular formula is C35H60N10O11S. The van der Waals surface area contributed by atoms with Crippen molar-refractivity contribution in [1.82, 2.24) is 50.5 Å². The number of carbonyl (C=O) groups is 5. The van der Waals surface area contributed by atoms with E-state index in [1.807, 2.05) is 22.9 Å². The molecule has 3 saturated heterocycles. The van der Waals surface area contributed by atoms with E-state index in [0.717, 1.165) is 37.1 Å². The van der Waals surface area contributed by atoms with Crippen molar-refractivity contribution in [3.63, 3.8) is 0 Å². The number of carboxylic acids is 3. The van der Waals surface area contributed by atoms with Gasteiger partial charge in [-0.3, -0.25) is 38.8 Å². The number of ether oxygens (including phenoxy) is 3. The summed E-state index contributed by atoms with van der Waals surface area (Å²) in [5, 5.41) is 45.9. The van der Waals surface area contributed by atoms with Gasteiger partial charge in [0, 0.05) is 76.1 Å². The van der Waals surface area contributed by atoms with Crippen LogP contribution in [0.3, 0.4) is 0 Å². The molecule has 0 aromatic carbocycles. The molecule has 1 aromatic heterocycles. The van der Waals surface area contributed by atoms with E-state index in [2.05, 4.69) is 26.3 Å². The number of aryl methyl sites for hydroxylation is 1. The maximum Gasteiger partial charge on any atom is 0.317 e. The fourth-order valence-electron chi connectivity index (χ4n) is 6.86. The number of thioether (sulfide) groups is 1. The summed E-state index contributed by atoms with van der Waals surface area (Å²) in [6, 6.07) is 0.450. The molecule has 4 heterocycles. The number of amides is 3. The molecule has 57 heavy (non-hydrogen) atoms. The Morgan fingerprint density at radius 1 is 0.737 bits per heavy atom. The highest BCUT2D eigenvalue weighted by Gasteiger charge is 2.42. The molecule has 3 fully saturated rings. The van der Waals surface area contributed by atoms with Crippen LogP contribution >= 0.6 is 11.8 Å². The lowest BCUT2D eigenvalue weighted by Crippen LogP contribution is -2.50. The van der Waals surface area contributed by atoms with Gasteiger partial charge in [-0.15, -0.1) is 5.10 Å². The number of carbonyl (C=O) groups excluding carboxylic acids is 2. The molecule has 0 radical (unpaired) electrons. The quantitative estimate of drug-likeness (QED) is 0.0452. The standard InChI is InChI=1S/C35H60N10O11S/c46-30(22-41-6-8-42(23-31(47)48)10-12-44(25-33(51)52)13-11-43(9-7-41)24-32(49)50)36-5-15-54-17-19-56-20-18-55-16-14-45-21-27(39-40-45)3-1-2-4-29-34-28(26-57-29)37-35(53)38-34/h21,28-29,34H,1-20,22-26H2,(H,36,46)(H,47,48)(H,49,50)(H,51,52)(H2,37,38,53)/t28-,29-,34-/m0/s1. The van der Waals surface area contributed by atoms with Crippen LogP contribution in [0.15, 0.2) is 6.20 Å². The number of hydrogen-bond donors (Lipinski definition) is 6. The highest BCUT2D eigenvalue weighted by molar-refractivity contribution is 8.00. The van der Waals surface area contributed by atoms with E-state index in [-0.39, 0.29) is 63.4 Å². The maximum absolute atomic E-state index is 12.8. The summed E-state index contributed by atoms with van der Waals surface area (Å²) < 4.78 is 18.6. The fourth-order valence-corrected chi connectivity index (χ4v) is 8.41. The molecule has 3 aliphatic rings. The van der Waals surface area contributed by atoms with Crippen LogP contribution in [0.1, 0.15) is 25.0 Å². The minimum absolute atomic E-state index is 0.0383. The SMILES string of the molecule is O=C(O)CN1CCN(CC(=O)O)CCN(CC(=O)NCCOCCOCCOCCn2cc(CCCC[C@@H]3SC[C@@H]4NC(=O)N[C@@H]43)nn2)CCN(CC(=O)O)CC1. The Hall–Kier alpha value is -3.64. The van der Waals surface area contributed by atoms with Crippen LogP contribution in [0, 0.1) is 0 Å². The molecule has 3 aliphatic heterocycles. The average Bonchev–Trinajstić information content (AvgIpc) is 3.87. The highest BCUT2D eigenvalue weighted by atomic mass is 32.2. The third kappa shape index (κ3) is 18.7. The Morgan fingerprint density at radius 2 is 1.26 bits per heavy atom. The number of carboxylic acid groups (broad SMARTS) is 3. The molecule has 0 bridgehead atoms. The van der Waals surface area contributed by atoms with Crippen LogP contribution in [0.5, 0.6) is 0 Å². The Kier molecular flexibility index (Phi) is 20.7.